The molecular formula is C13H15FO3. The molecule has 2 rings (SSSR count). The molecule has 92 valence electrons. The van der Waals surface area contributed by atoms with Crippen molar-refractivity contribution in [2.24, 2.45) is 11.3 Å². The normalized spacial score (nSPS) is 25.4. The van der Waals surface area contributed by atoms with Crippen molar-refractivity contribution in [1.82, 2.24) is 0 Å². The van der Waals surface area contributed by atoms with Gasteiger partial charge in [0.15, 0.2) is 0 Å². The minimum Gasteiger partial charge on any atom is -0.497 e. The molecule has 0 saturated heterocycles. The molecule has 3 nitrogen and oxygen atoms in total. The van der Waals surface area contributed by atoms with Gasteiger partial charge in [0.05, 0.1) is 13.0 Å². The van der Waals surface area contributed by atoms with E-state index in [4.69, 9.17) is 9.84 Å². The molecule has 1 aromatic rings. The van der Waals surface area contributed by atoms with Gasteiger partial charge >= 0.3 is 5.97 Å². The van der Waals surface area contributed by atoms with Gasteiger partial charge in [-0.3, -0.25) is 4.79 Å². The van der Waals surface area contributed by atoms with E-state index in [1.54, 1.807) is 12.1 Å². The van der Waals surface area contributed by atoms with Crippen LogP contribution in [0.25, 0.3) is 0 Å². The third-order valence-electron chi connectivity index (χ3n) is 3.64. The molecule has 2 atom stereocenters. The highest BCUT2D eigenvalue weighted by Crippen LogP contribution is 2.64. The molecule has 1 fully saturated rings. The van der Waals surface area contributed by atoms with Gasteiger partial charge in [0, 0.05) is 12.0 Å². The van der Waals surface area contributed by atoms with Crippen LogP contribution in [0.2, 0.25) is 0 Å². The number of carboxylic acid groups (broad SMARTS) is 1. The average molecular weight is 238 g/mol. The van der Waals surface area contributed by atoms with Crippen LogP contribution in [-0.4, -0.2) is 18.2 Å². The topological polar surface area (TPSA) is 46.5 Å². The smallest absolute Gasteiger partial charge is 0.307 e. The number of carbonyl (C=O) groups is 1. The summed E-state index contributed by atoms with van der Waals surface area (Å²) in [7, 11) is 1.47. The van der Waals surface area contributed by atoms with Crippen molar-refractivity contribution in [2.75, 3.05) is 7.11 Å². The number of hydrogen-bond donors (Lipinski definition) is 1. The number of methoxy groups -OCH3 is 1. The Kier molecular flexibility index (Phi) is 2.60. The first-order valence-electron chi connectivity index (χ1n) is 5.46. The highest BCUT2D eigenvalue weighted by molar-refractivity contribution is 5.77. The Labute approximate surface area is 99.2 Å². The van der Waals surface area contributed by atoms with Gasteiger partial charge in [-0.2, -0.15) is 0 Å². The molecule has 1 aliphatic carbocycles. The summed E-state index contributed by atoms with van der Waals surface area (Å²) < 4.78 is 18.8. The van der Waals surface area contributed by atoms with E-state index in [0.29, 0.717) is 11.3 Å². The number of rotatable bonds is 3. The predicted molar refractivity (Wildman–Crippen MR) is 60.6 cm³/mol. The van der Waals surface area contributed by atoms with E-state index < -0.39 is 17.7 Å². The molecule has 4 heteroatoms. The Bertz CT molecular complexity index is 468. The zero-order chi connectivity index (χ0) is 12.8. The number of aliphatic carboxylic acids is 1. The molecule has 0 radical (unpaired) electrons. The Balaban J connectivity index is 2.34. The van der Waals surface area contributed by atoms with Crippen LogP contribution in [0.4, 0.5) is 4.39 Å². The Morgan fingerprint density at radius 2 is 2.12 bits per heavy atom. The summed E-state index contributed by atoms with van der Waals surface area (Å²) in [5.41, 5.74) is 0.0737. The lowest BCUT2D eigenvalue weighted by Crippen LogP contribution is -2.03. The number of benzene rings is 1. The highest BCUT2D eigenvalue weighted by atomic mass is 19.1. The van der Waals surface area contributed by atoms with Gasteiger partial charge in [-0.05, 0) is 17.0 Å². The molecule has 0 aliphatic heterocycles. The van der Waals surface area contributed by atoms with Crippen molar-refractivity contribution in [1.29, 1.82) is 0 Å². The maximum Gasteiger partial charge on any atom is 0.307 e. The van der Waals surface area contributed by atoms with E-state index >= 15 is 0 Å². The van der Waals surface area contributed by atoms with Gasteiger partial charge < -0.3 is 9.84 Å². The lowest BCUT2D eigenvalue weighted by molar-refractivity contribution is -0.139. The molecule has 0 heterocycles. The Hall–Kier alpha value is -1.58. The van der Waals surface area contributed by atoms with E-state index in [9.17, 15) is 9.18 Å². The van der Waals surface area contributed by atoms with Crippen molar-refractivity contribution < 1.29 is 19.0 Å². The van der Waals surface area contributed by atoms with Crippen LogP contribution in [0.1, 0.15) is 25.3 Å². The first kappa shape index (κ1) is 11.9. The van der Waals surface area contributed by atoms with Gasteiger partial charge in [0.2, 0.25) is 0 Å². The van der Waals surface area contributed by atoms with Gasteiger partial charge in [0.1, 0.15) is 11.6 Å². The lowest BCUT2D eigenvalue weighted by Gasteiger charge is -2.06. The van der Waals surface area contributed by atoms with Crippen molar-refractivity contribution >= 4 is 5.97 Å². The van der Waals surface area contributed by atoms with Crippen molar-refractivity contribution in [3.05, 3.63) is 29.6 Å². The quantitative estimate of drug-likeness (QED) is 0.880. The molecule has 17 heavy (non-hydrogen) atoms. The molecule has 1 aromatic carbocycles. The number of halogens is 1. The van der Waals surface area contributed by atoms with E-state index in [1.165, 1.54) is 13.2 Å². The van der Waals surface area contributed by atoms with Crippen LogP contribution in [0.5, 0.6) is 5.75 Å². The maximum atomic E-state index is 13.8. The highest BCUT2D eigenvalue weighted by Gasteiger charge is 2.63. The van der Waals surface area contributed by atoms with Crippen molar-refractivity contribution in [2.45, 2.75) is 19.8 Å². The van der Waals surface area contributed by atoms with E-state index in [2.05, 4.69) is 0 Å². The second-order valence-electron chi connectivity index (χ2n) is 5.00. The van der Waals surface area contributed by atoms with Crippen LogP contribution < -0.4 is 4.74 Å². The van der Waals surface area contributed by atoms with Crippen molar-refractivity contribution in [3.8, 4) is 5.75 Å². The standard InChI is InChI=1S/C13H15FO3/c1-13(2)10(11(13)12(15)16)8-5-4-7(17-3)6-9(8)14/h4-6,10-11H,1-3H3,(H,15,16). The van der Waals surface area contributed by atoms with Crippen LogP contribution in [0.3, 0.4) is 0 Å². The maximum absolute atomic E-state index is 13.8. The lowest BCUT2D eigenvalue weighted by atomic mass is 10.0. The summed E-state index contributed by atoms with van der Waals surface area (Å²) in [6.45, 7) is 3.69. The Morgan fingerprint density at radius 3 is 2.53 bits per heavy atom. The second kappa shape index (κ2) is 3.72. The fraction of sp³-hybridized carbons (Fsp3) is 0.462. The van der Waals surface area contributed by atoms with Crippen LogP contribution >= 0.6 is 0 Å². The minimum atomic E-state index is -0.866. The number of hydrogen-bond acceptors (Lipinski definition) is 2. The summed E-state index contributed by atoms with van der Waals surface area (Å²) in [6, 6.07) is 4.57. The molecule has 0 spiro atoms. The molecular weight excluding hydrogens is 223 g/mol. The summed E-state index contributed by atoms with van der Waals surface area (Å²) in [4.78, 5) is 11.0. The number of carboxylic acids is 1. The van der Waals surface area contributed by atoms with Crippen LogP contribution in [0.15, 0.2) is 18.2 Å². The van der Waals surface area contributed by atoms with E-state index in [-0.39, 0.29) is 11.3 Å². The first-order chi connectivity index (χ1) is 7.89. The first-order valence-corrected chi connectivity index (χ1v) is 5.46. The van der Waals surface area contributed by atoms with E-state index in [1.807, 2.05) is 13.8 Å². The SMILES string of the molecule is COc1ccc(C2C(C(=O)O)C2(C)C)c(F)c1. The average Bonchev–Trinajstić information content (AvgIpc) is 2.81. The third kappa shape index (κ3) is 1.77. The minimum absolute atomic E-state index is 0.258. The fourth-order valence-electron chi connectivity index (χ4n) is 2.57. The monoisotopic (exact) mass is 238 g/mol. The number of ether oxygens (including phenoxy) is 1. The molecule has 2 unspecified atom stereocenters. The fourth-order valence-corrected chi connectivity index (χ4v) is 2.57. The van der Waals surface area contributed by atoms with Gasteiger partial charge in [0.25, 0.3) is 0 Å². The molecule has 1 N–H and O–H groups in total. The summed E-state index contributed by atoms with van der Waals surface area (Å²) in [6.07, 6.45) is 0. The van der Waals surface area contributed by atoms with Crippen molar-refractivity contribution in [3.63, 3.8) is 0 Å². The second-order valence-corrected chi connectivity index (χ2v) is 5.00. The zero-order valence-corrected chi connectivity index (χ0v) is 10.0. The molecule has 1 saturated carbocycles. The van der Waals surface area contributed by atoms with Gasteiger partial charge in [-0.15, -0.1) is 0 Å². The Morgan fingerprint density at radius 1 is 1.47 bits per heavy atom. The summed E-state index contributed by atoms with van der Waals surface area (Å²) in [5, 5.41) is 9.07. The van der Waals surface area contributed by atoms with E-state index in [0.717, 1.165) is 0 Å². The summed E-state index contributed by atoms with van der Waals surface area (Å²) >= 11 is 0. The largest absolute Gasteiger partial charge is 0.497 e. The molecule has 0 bridgehead atoms. The zero-order valence-electron chi connectivity index (χ0n) is 10.0. The third-order valence-corrected chi connectivity index (χ3v) is 3.64. The molecule has 1 aliphatic rings. The molecule has 0 aromatic heterocycles. The molecule has 0 amide bonds. The van der Waals surface area contributed by atoms with Crippen LogP contribution in [0, 0.1) is 17.2 Å². The summed E-state index contributed by atoms with van der Waals surface area (Å²) in [5.74, 6) is -1.59. The van der Waals surface area contributed by atoms with Gasteiger partial charge in [-0.25, -0.2) is 4.39 Å². The predicted octanol–water partition coefficient (Wildman–Crippen LogP) is 2.66. The van der Waals surface area contributed by atoms with Gasteiger partial charge in [-0.1, -0.05) is 19.9 Å². The van der Waals surface area contributed by atoms with Crippen LogP contribution in [-0.2, 0) is 4.79 Å².